The number of nitrogens with one attached hydrogen (secondary N) is 1. The number of benzene rings is 2. The van der Waals surface area contributed by atoms with E-state index in [0.717, 1.165) is 5.56 Å². The molecule has 2 rings (SSSR count). The van der Waals surface area contributed by atoms with Gasteiger partial charge in [0.05, 0.1) is 4.90 Å². The van der Waals surface area contributed by atoms with E-state index >= 15 is 0 Å². The third-order valence-electron chi connectivity index (χ3n) is 2.98. The van der Waals surface area contributed by atoms with E-state index < -0.39 is 15.9 Å². The van der Waals surface area contributed by atoms with E-state index in [2.05, 4.69) is 11.3 Å². The highest BCUT2D eigenvalue weighted by Gasteiger charge is 2.19. The number of amides is 1. The minimum Gasteiger partial charge on any atom is -0.268 e. The van der Waals surface area contributed by atoms with E-state index in [4.69, 9.17) is 0 Å². The van der Waals surface area contributed by atoms with Crippen LogP contribution in [0.4, 0.5) is 0 Å². The van der Waals surface area contributed by atoms with Gasteiger partial charge >= 0.3 is 0 Å². The van der Waals surface area contributed by atoms with Gasteiger partial charge in [0, 0.05) is 5.56 Å². The molecule has 0 unspecified atom stereocenters. The molecule has 2 aromatic rings. The van der Waals surface area contributed by atoms with Gasteiger partial charge in [-0.1, -0.05) is 48.6 Å². The standard InChI is InChI=1S/C16H15NO3S/c1-3-13-6-4-5-7-15(13)16(18)17-21(19,20)14-10-8-12(2)9-11-14/h3-11H,1H2,2H3,(H,17,18). The summed E-state index contributed by atoms with van der Waals surface area (Å²) < 4.78 is 26.4. The summed E-state index contributed by atoms with van der Waals surface area (Å²) in [4.78, 5) is 12.2. The molecule has 21 heavy (non-hydrogen) atoms. The number of sulfonamides is 1. The molecule has 0 fully saturated rings. The van der Waals surface area contributed by atoms with Gasteiger partial charge < -0.3 is 0 Å². The summed E-state index contributed by atoms with van der Waals surface area (Å²) in [5.41, 5.74) is 1.79. The zero-order valence-corrected chi connectivity index (χ0v) is 12.4. The molecule has 0 atom stereocenters. The molecular weight excluding hydrogens is 286 g/mol. The molecular formula is C16H15NO3S. The minimum absolute atomic E-state index is 0.0533. The number of carbonyl (C=O) groups excluding carboxylic acids is 1. The van der Waals surface area contributed by atoms with E-state index in [1.54, 1.807) is 36.4 Å². The highest BCUT2D eigenvalue weighted by atomic mass is 32.2. The summed E-state index contributed by atoms with van der Waals surface area (Å²) in [5.74, 6) is -0.675. The third kappa shape index (κ3) is 3.38. The Labute approximate surface area is 124 Å². The van der Waals surface area contributed by atoms with Crippen LogP contribution in [0.1, 0.15) is 21.5 Å². The molecule has 0 aliphatic rings. The lowest BCUT2D eigenvalue weighted by Crippen LogP contribution is -2.31. The summed E-state index contributed by atoms with van der Waals surface area (Å²) in [6, 6.07) is 12.9. The van der Waals surface area contributed by atoms with E-state index in [9.17, 15) is 13.2 Å². The van der Waals surface area contributed by atoms with Crippen LogP contribution in [0, 0.1) is 6.92 Å². The lowest BCUT2D eigenvalue weighted by atomic mass is 10.1. The van der Waals surface area contributed by atoms with Crippen molar-refractivity contribution in [3.8, 4) is 0 Å². The maximum absolute atomic E-state index is 12.2. The van der Waals surface area contributed by atoms with Crippen LogP contribution < -0.4 is 4.72 Å². The van der Waals surface area contributed by atoms with Crippen LogP contribution in [0.25, 0.3) is 6.08 Å². The monoisotopic (exact) mass is 301 g/mol. The summed E-state index contributed by atoms with van der Waals surface area (Å²) >= 11 is 0. The number of hydrogen-bond donors (Lipinski definition) is 1. The van der Waals surface area contributed by atoms with Crippen LogP contribution in [0.2, 0.25) is 0 Å². The van der Waals surface area contributed by atoms with Crippen molar-refractivity contribution < 1.29 is 13.2 Å². The molecule has 0 bridgehead atoms. The lowest BCUT2D eigenvalue weighted by molar-refractivity contribution is 0.0981. The van der Waals surface area contributed by atoms with Crippen molar-refractivity contribution >= 4 is 22.0 Å². The van der Waals surface area contributed by atoms with Crippen LogP contribution in [0.5, 0.6) is 0 Å². The first-order chi connectivity index (χ1) is 9.94. The van der Waals surface area contributed by atoms with E-state index in [1.165, 1.54) is 18.2 Å². The van der Waals surface area contributed by atoms with E-state index in [-0.39, 0.29) is 10.5 Å². The Morgan fingerprint density at radius 1 is 1.10 bits per heavy atom. The zero-order chi connectivity index (χ0) is 15.5. The highest BCUT2D eigenvalue weighted by Crippen LogP contribution is 2.13. The second-order valence-corrected chi connectivity index (χ2v) is 6.22. The summed E-state index contributed by atoms with van der Waals surface area (Å²) in [7, 11) is -3.88. The number of rotatable bonds is 4. The molecule has 0 saturated heterocycles. The third-order valence-corrected chi connectivity index (χ3v) is 4.33. The van der Waals surface area contributed by atoms with Gasteiger partial charge in [-0.05, 0) is 30.7 Å². The number of carbonyl (C=O) groups is 1. The van der Waals surface area contributed by atoms with E-state index in [0.29, 0.717) is 5.56 Å². The molecule has 0 aromatic heterocycles. The van der Waals surface area contributed by atoms with Crippen LogP contribution in [0.15, 0.2) is 60.0 Å². The molecule has 108 valence electrons. The Morgan fingerprint density at radius 2 is 1.71 bits per heavy atom. The van der Waals surface area contributed by atoms with Gasteiger partial charge in [-0.3, -0.25) is 4.79 Å². The molecule has 0 saturated carbocycles. The van der Waals surface area contributed by atoms with Crippen molar-refractivity contribution in [2.45, 2.75) is 11.8 Å². The minimum atomic E-state index is -3.88. The maximum Gasteiger partial charge on any atom is 0.265 e. The predicted octanol–water partition coefficient (Wildman–Crippen LogP) is 2.76. The first kappa shape index (κ1) is 15.0. The van der Waals surface area contributed by atoms with Crippen molar-refractivity contribution in [2.75, 3.05) is 0 Å². The van der Waals surface area contributed by atoms with Crippen molar-refractivity contribution in [3.63, 3.8) is 0 Å². The molecule has 0 aliphatic carbocycles. The van der Waals surface area contributed by atoms with Gasteiger partial charge in [0.2, 0.25) is 0 Å². The first-order valence-electron chi connectivity index (χ1n) is 6.29. The SMILES string of the molecule is C=Cc1ccccc1C(=O)NS(=O)(=O)c1ccc(C)cc1. The van der Waals surface area contributed by atoms with Gasteiger partial charge in [0.15, 0.2) is 0 Å². The van der Waals surface area contributed by atoms with Crippen molar-refractivity contribution in [3.05, 3.63) is 71.8 Å². The molecule has 0 aliphatic heterocycles. The van der Waals surface area contributed by atoms with Crippen molar-refractivity contribution in [1.82, 2.24) is 4.72 Å². The fourth-order valence-electron chi connectivity index (χ4n) is 1.84. The fourth-order valence-corrected chi connectivity index (χ4v) is 2.80. The van der Waals surface area contributed by atoms with Gasteiger partial charge in [-0.15, -0.1) is 0 Å². The molecule has 2 aromatic carbocycles. The van der Waals surface area contributed by atoms with Crippen LogP contribution in [-0.2, 0) is 10.0 Å². The Kier molecular flexibility index (Phi) is 4.23. The summed E-state index contributed by atoms with van der Waals surface area (Å²) in [5, 5.41) is 0. The highest BCUT2D eigenvalue weighted by molar-refractivity contribution is 7.90. The lowest BCUT2D eigenvalue weighted by Gasteiger charge is -2.09. The fraction of sp³-hybridized carbons (Fsp3) is 0.0625. The first-order valence-corrected chi connectivity index (χ1v) is 7.77. The summed E-state index contributed by atoms with van der Waals surface area (Å²) in [6.07, 6.45) is 1.51. The Bertz CT molecular complexity index is 777. The summed E-state index contributed by atoms with van der Waals surface area (Å²) in [6.45, 7) is 5.47. The van der Waals surface area contributed by atoms with E-state index in [1.807, 2.05) is 6.92 Å². The average molecular weight is 301 g/mol. The predicted molar refractivity (Wildman–Crippen MR) is 82.4 cm³/mol. The molecule has 1 N–H and O–H groups in total. The number of aryl methyl sites for hydroxylation is 1. The van der Waals surface area contributed by atoms with Crippen molar-refractivity contribution in [1.29, 1.82) is 0 Å². The van der Waals surface area contributed by atoms with Crippen LogP contribution in [-0.4, -0.2) is 14.3 Å². The topological polar surface area (TPSA) is 63.2 Å². The van der Waals surface area contributed by atoms with Crippen LogP contribution >= 0.6 is 0 Å². The Balaban J connectivity index is 2.30. The zero-order valence-electron chi connectivity index (χ0n) is 11.5. The second-order valence-electron chi connectivity index (χ2n) is 4.54. The molecule has 0 heterocycles. The maximum atomic E-state index is 12.2. The molecule has 5 heteroatoms. The normalized spacial score (nSPS) is 10.9. The average Bonchev–Trinajstić information content (AvgIpc) is 2.47. The molecule has 0 spiro atoms. The molecule has 0 radical (unpaired) electrons. The Hall–Kier alpha value is -2.40. The van der Waals surface area contributed by atoms with Crippen LogP contribution in [0.3, 0.4) is 0 Å². The van der Waals surface area contributed by atoms with Gasteiger partial charge in [0.1, 0.15) is 0 Å². The quantitative estimate of drug-likeness (QED) is 0.944. The smallest absolute Gasteiger partial charge is 0.265 e. The Morgan fingerprint density at radius 3 is 2.33 bits per heavy atom. The largest absolute Gasteiger partial charge is 0.268 e. The van der Waals surface area contributed by atoms with Gasteiger partial charge in [0.25, 0.3) is 15.9 Å². The van der Waals surface area contributed by atoms with Gasteiger partial charge in [-0.25, -0.2) is 13.1 Å². The molecule has 1 amide bonds. The van der Waals surface area contributed by atoms with Gasteiger partial charge in [-0.2, -0.15) is 0 Å². The van der Waals surface area contributed by atoms with Crippen molar-refractivity contribution in [2.24, 2.45) is 0 Å². The second kappa shape index (κ2) is 5.93. The molecule has 4 nitrogen and oxygen atoms in total. The number of hydrogen-bond acceptors (Lipinski definition) is 3.